The van der Waals surface area contributed by atoms with Gasteiger partial charge in [0.05, 0.1) is 0 Å². The van der Waals surface area contributed by atoms with E-state index >= 15 is 0 Å². The molecule has 0 N–H and O–H groups in total. The number of nitrogens with zero attached hydrogens (tertiary/aromatic N) is 3. The maximum atomic E-state index is 5.78. The summed E-state index contributed by atoms with van der Waals surface area (Å²) in [5.41, 5.74) is 0. The van der Waals surface area contributed by atoms with Crippen molar-refractivity contribution in [3.05, 3.63) is 17.5 Å². The first-order chi connectivity index (χ1) is 7.47. The van der Waals surface area contributed by atoms with Gasteiger partial charge in [-0.3, -0.25) is 0 Å². The number of hydrogen-bond acceptors (Lipinski definition) is 3. The molecule has 0 atom stereocenters. The minimum absolute atomic E-state index is 0.222. The summed E-state index contributed by atoms with van der Waals surface area (Å²) in [6.45, 7) is 4.11. The van der Waals surface area contributed by atoms with Crippen LogP contribution in [0.5, 0.6) is 0 Å². The Morgan fingerprint density at radius 3 is 1.62 bits per heavy atom. The van der Waals surface area contributed by atoms with Crippen LogP contribution >= 0.6 is 34.8 Å². The molecule has 0 radical (unpaired) electrons. The van der Waals surface area contributed by atoms with Crippen LogP contribution in [0.3, 0.4) is 0 Å². The molecular formula is C10H14Cl3N3. The standard InChI is InChI=1S/C10H14Cl3N3/c1-3-5-7-14-8(6-4-2)16-9(15-7)10(11,12)13/h3-6H2,1-2H3. The summed E-state index contributed by atoms with van der Waals surface area (Å²) in [5.74, 6) is 1.61. The Labute approximate surface area is 111 Å². The minimum atomic E-state index is -1.58. The zero-order valence-corrected chi connectivity index (χ0v) is 11.6. The lowest BCUT2D eigenvalue weighted by Crippen LogP contribution is -2.14. The minimum Gasteiger partial charge on any atom is -0.218 e. The zero-order valence-electron chi connectivity index (χ0n) is 9.30. The predicted molar refractivity (Wildman–Crippen MR) is 67.1 cm³/mol. The summed E-state index contributed by atoms with van der Waals surface area (Å²) in [5, 5.41) is 0. The van der Waals surface area contributed by atoms with E-state index in [0.717, 1.165) is 25.7 Å². The van der Waals surface area contributed by atoms with Gasteiger partial charge in [0.2, 0.25) is 3.79 Å². The third-order valence-electron chi connectivity index (χ3n) is 1.93. The van der Waals surface area contributed by atoms with E-state index in [1.54, 1.807) is 0 Å². The molecule has 0 aliphatic rings. The van der Waals surface area contributed by atoms with E-state index in [2.05, 4.69) is 28.8 Å². The molecule has 0 aromatic carbocycles. The average Bonchev–Trinajstić information content (AvgIpc) is 2.17. The second-order valence-electron chi connectivity index (χ2n) is 3.49. The maximum Gasteiger partial charge on any atom is 0.250 e. The van der Waals surface area contributed by atoms with Crippen molar-refractivity contribution < 1.29 is 0 Å². The lowest BCUT2D eigenvalue weighted by molar-refractivity contribution is 0.725. The Balaban J connectivity index is 3.08. The molecule has 1 aromatic heterocycles. The molecule has 1 aromatic rings. The number of aromatic nitrogens is 3. The van der Waals surface area contributed by atoms with E-state index < -0.39 is 3.79 Å². The molecule has 1 heterocycles. The third kappa shape index (κ3) is 4.04. The molecule has 3 nitrogen and oxygen atoms in total. The second kappa shape index (κ2) is 5.99. The fourth-order valence-corrected chi connectivity index (χ4v) is 1.52. The third-order valence-corrected chi connectivity index (χ3v) is 2.44. The zero-order chi connectivity index (χ0) is 12.2. The number of alkyl halides is 3. The SMILES string of the molecule is CCCc1nc(CCC)nc(C(Cl)(Cl)Cl)n1. The lowest BCUT2D eigenvalue weighted by atomic mass is 10.3. The van der Waals surface area contributed by atoms with E-state index in [0.29, 0.717) is 11.6 Å². The lowest BCUT2D eigenvalue weighted by Gasteiger charge is -2.11. The van der Waals surface area contributed by atoms with Gasteiger partial charge < -0.3 is 0 Å². The Hall–Kier alpha value is -0.120. The van der Waals surface area contributed by atoms with Gasteiger partial charge in [-0.2, -0.15) is 0 Å². The number of halogens is 3. The van der Waals surface area contributed by atoms with Crippen LogP contribution in [0.15, 0.2) is 0 Å². The van der Waals surface area contributed by atoms with Gasteiger partial charge in [-0.05, 0) is 12.8 Å². The molecule has 0 saturated heterocycles. The van der Waals surface area contributed by atoms with Gasteiger partial charge >= 0.3 is 0 Å². The predicted octanol–water partition coefficient (Wildman–Crippen LogP) is 3.60. The van der Waals surface area contributed by atoms with E-state index in [1.165, 1.54) is 0 Å². The van der Waals surface area contributed by atoms with Gasteiger partial charge in [0.15, 0.2) is 5.82 Å². The summed E-state index contributed by atoms with van der Waals surface area (Å²) in [6.07, 6.45) is 3.45. The summed E-state index contributed by atoms with van der Waals surface area (Å²) in [4.78, 5) is 12.6. The van der Waals surface area contributed by atoms with Gasteiger partial charge in [0, 0.05) is 12.8 Å². The monoisotopic (exact) mass is 281 g/mol. The van der Waals surface area contributed by atoms with Gasteiger partial charge in [0.1, 0.15) is 11.6 Å². The molecule has 6 heteroatoms. The van der Waals surface area contributed by atoms with Crippen LogP contribution in [0, 0.1) is 0 Å². The van der Waals surface area contributed by atoms with Crippen LogP contribution in [0.1, 0.15) is 44.2 Å². The van der Waals surface area contributed by atoms with Gasteiger partial charge in [-0.1, -0.05) is 48.7 Å². The molecule has 1 rings (SSSR count). The summed E-state index contributed by atoms with van der Waals surface area (Å²) >= 11 is 17.3. The van der Waals surface area contributed by atoms with Crippen molar-refractivity contribution in [3.63, 3.8) is 0 Å². The Morgan fingerprint density at radius 1 is 0.875 bits per heavy atom. The normalized spacial score (nSPS) is 11.8. The second-order valence-corrected chi connectivity index (χ2v) is 5.77. The molecule has 0 spiro atoms. The van der Waals surface area contributed by atoms with Crippen LogP contribution < -0.4 is 0 Å². The van der Waals surface area contributed by atoms with Crippen molar-refractivity contribution >= 4 is 34.8 Å². The van der Waals surface area contributed by atoms with Crippen LogP contribution in [-0.4, -0.2) is 15.0 Å². The van der Waals surface area contributed by atoms with Crippen molar-refractivity contribution in [2.45, 2.75) is 43.3 Å². The van der Waals surface area contributed by atoms with Crippen molar-refractivity contribution in [2.24, 2.45) is 0 Å². The molecule has 0 aliphatic heterocycles. The summed E-state index contributed by atoms with van der Waals surface area (Å²) < 4.78 is -1.58. The Kier molecular flexibility index (Phi) is 5.22. The fourth-order valence-electron chi connectivity index (χ4n) is 1.27. The molecule has 0 fully saturated rings. The largest absolute Gasteiger partial charge is 0.250 e. The highest BCUT2D eigenvalue weighted by molar-refractivity contribution is 6.66. The highest BCUT2D eigenvalue weighted by Gasteiger charge is 2.27. The average molecular weight is 283 g/mol. The van der Waals surface area contributed by atoms with Crippen molar-refractivity contribution in [1.29, 1.82) is 0 Å². The molecule has 0 aliphatic carbocycles. The highest BCUT2D eigenvalue weighted by Crippen LogP contribution is 2.35. The molecule has 0 amide bonds. The van der Waals surface area contributed by atoms with Crippen molar-refractivity contribution in [3.8, 4) is 0 Å². The van der Waals surface area contributed by atoms with Gasteiger partial charge in [-0.25, -0.2) is 15.0 Å². The van der Waals surface area contributed by atoms with E-state index in [1.807, 2.05) is 0 Å². The first kappa shape index (κ1) is 13.9. The summed E-state index contributed by atoms with van der Waals surface area (Å²) in [6, 6.07) is 0. The van der Waals surface area contributed by atoms with Gasteiger partial charge in [-0.15, -0.1) is 0 Å². The molecular weight excluding hydrogens is 268 g/mol. The molecule has 0 unspecified atom stereocenters. The van der Waals surface area contributed by atoms with E-state index in [4.69, 9.17) is 34.8 Å². The maximum absolute atomic E-state index is 5.78. The fraction of sp³-hybridized carbons (Fsp3) is 0.700. The Morgan fingerprint density at radius 2 is 1.31 bits per heavy atom. The van der Waals surface area contributed by atoms with Gasteiger partial charge in [0.25, 0.3) is 0 Å². The van der Waals surface area contributed by atoms with Crippen LogP contribution in [0.4, 0.5) is 0 Å². The van der Waals surface area contributed by atoms with Crippen LogP contribution in [0.25, 0.3) is 0 Å². The highest BCUT2D eigenvalue weighted by atomic mass is 35.6. The smallest absolute Gasteiger partial charge is 0.218 e. The first-order valence-corrected chi connectivity index (χ1v) is 6.41. The number of aryl methyl sites for hydroxylation is 2. The number of hydrogen-bond donors (Lipinski definition) is 0. The van der Waals surface area contributed by atoms with Crippen LogP contribution in [-0.2, 0) is 16.6 Å². The molecule has 0 bridgehead atoms. The number of rotatable bonds is 4. The van der Waals surface area contributed by atoms with E-state index in [-0.39, 0.29) is 5.82 Å². The summed E-state index contributed by atoms with van der Waals surface area (Å²) in [7, 11) is 0. The molecule has 16 heavy (non-hydrogen) atoms. The molecule has 90 valence electrons. The molecule has 0 saturated carbocycles. The van der Waals surface area contributed by atoms with E-state index in [9.17, 15) is 0 Å². The van der Waals surface area contributed by atoms with Crippen molar-refractivity contribution in [2.75, 3.05) is 0 Å². The topological polar surface area (TPSA) is 38.7 Å². The Bertz CT molecular complexity index is 325. The van der Waals surface area contributed by atoms with Crippen molar-refractivity contribution in [1.82, 2.24) is 15.0 Å². The van der Waals surface area contributed by atoms with Crippen LogP contribution in [0.2, 0.25) is 0 Å². The first-order valence-electron chi connectivity index (χ1n) is 5.28. The quantitative estimate of drug-likeness (QED) is 0.792.